The van der Waals surface area contributed by atoms with Crippen molar-refractivity contribution in [3.63, 3.8) is 0 Å². The average molecular weight is 376 g/mol. The molecular formula is C21H20N4O3. The van der Waals surface area contributed by atoms with Gasteiger partial charge in [0.15, 0.2) is 5.78 Å². The lowest BCUT2D eigenvalue weighted by molar-refractivity contribution is 0.0601. The molecule has 0 saturated carbocycles. The molecule has 0 aliphatic heterocycles. The fraction of sp³-hybridized carbons (Fsp3) is 0.143. The number of nitrogens with zero attached hydrogens (tertiary/aromatic N) is 2. The Bertz CT molecular complexity index is 1020. The van der Waals surface area contributed by atoms with Crippen molar-refractivity contribution in [2.45, 2.75) is 13.8 Å². The van der Waals surface area contributed by atoms with E-state index in [1.807, 2.05) is 18.2 Å². The van der Waals surface area contributed by atoms with Gasteiger partial charge in [-0.2, -0.15) is 0 Å². The molecule has 0 radical (unpaired) electrons. The van der Waals surface area contributed by atoms with E-state index in [0.29, 0.717) is 34.3 Å². The number of para-hydroxylation sites is 1. The Kier molecular flexibility index (Phi) is 5.64. The molecule has 0 aliphatic carbocycles. The number of aromatic nitrogens is 2. The summed E-state index contributed by atoms with van der Waals surface area (Å²) >= 11 is 0. The number of aryl methyl sites for hydroxylation is 1. The summed E-state index contributed by atoms with van der Waals surface area (Å²) < 4.78 is 4.82. The Morgan fingerprint density at radius 2 is 1.57 bits per heavy atom. The molecule has 1 aromatic heterocycles. The van der Waals surface area contributed by atoms with E-state index in [1.54, 1.807) is 43.3 Å². The number of ether oxygens (including phenoxy) is 1. The van der Waals surface area contributed by atoms with Crippen LogP contribution in [-0.2, 0) is 4.74 Å². The van der Waals surface area contributed by atoms with Gasteiger partial charge in [-0.05, 0) is 50.2 Å². The molecule has 142 valence electrons. The number of esters is 1. The van der Waals surface area contributed by atoms with Crippen molar-refractivity contribution < 1.29 is 14.3 Å². The molecule has 28 heavy (non-hydrogen) atoms. The molecule has 7 nitrogen and oxygen atoms in total. The van der Waals surface area contributed by atoms with Gasteiger partial charge in [-0.25, -0.2) is 14.8 Å². The van der Waals surface area contributed by atoms with E-state index >= 15 is 0 Å². The van der Waals surface area contributed by atoms with Gasteiger partial charge < -0.3 is 15.4 Å². The minimum Gasteiger partial charge on any atom is -0.465 e. The first-order chi connectivity index (χ1) is 13.5. The second-order valence-electron chi connectivity index (χ2n) is 6.11. The maximum absolute atomic E-state index is 11.9. The van der Waals surface area contributed by atoms with Crippen LogP contribution in [0.25, 0.3) is 0 Å². The minimum absolute atomic E-state index is 0.0141. The molecular weight excluding hydrogens is 356 g/mol. The summed E-state index contributed by atoms with van der Waals surface area (Å²) in [6.45, 7) is 3.31. The fourth-order valence-electron chi connectivity index (χ4n) is 2.65. The first kappa shape index (κ1) is 19.0. The highest BCUT2D eigenvalue weighted by atomic mass is 16.5. The van der Waals surface area contributed by atoms with Crippen LogP contribution in [0.2, 0.25) is 0 Å². The predicted molar refractivity (Wildman–Crippen MR) is 108 cm³/mol. The Hall–Kier alpha value is -3.74. The Morgan fingerprint density at radius 1 is 0.929 bits per heavy atom. The number of carbonyl (C=O) groups is 2. The van der Waals surface area contributed by atoms with Gasteiger partial charge >= 0.3 is 5.97 Å². The Morgan fingerprint density at radius 3 is 2.21 bits per heavy atom. The lowest BCUT2D eigenvalue weighted by Crippen LogP contribution is -2.07. The quantitative estimate of drug-likeness (QED) is 0.490. The SMILES string of the molecule is COC(=O)c1ccccc1Nc1cc(Nc2ccc(C(C)=O)cc2)nc(C)n1. The van der Waals surface area contributed by atoms with Gasteiger partial charge in [0.05, 0.1) is 18.4 Å². The van der Waals surface area contributed by atoms with Crippen molar-refractivity contribution in [2.24, 2.45) is 0 Å². The zero-order chi connectivity index (χ0) is 20.1. The topological polar surface area (TPSA) is 93.2 Å². The van der Waals surface area contributed by atoms with Crippen molar-refractivity contribution in [3.05, 3.63) is 71.5 Å². The third-order valence-electron chi connectivity index (χ3n) is 4.00. The lowest BCUT2D eigenvalue weighted by atomic mass is 10.1. The third kappa shape index (κ3) is 4.50. The largest absolute Gasteiger partial charge is 0.465 e. The predicted octanol–water partition coefficient (Wildman–Crippen LogP) is 4.26. The highest BCUT2D eigenvalue weighted by Gasteiger charge is 2.12. The van der Waals surface area contributed by atoms with Crippen LogP contribution < -0.4 is 10.6 Å². The van der Waals surface area contributed by atoms with Gasteiger partial charge in [-0.15, -0.1) is 0 Å². The maximum Gasteiger partial charge on any atom is 0.339 e. The first-order valence-corrected chi connectivity index (χ1v) is 8.64. The summed E-state index contributed by atoms with van der Waals surface area (Å²) in [7, 11) is 1.34. The number of hydrogen-bond acceptors (Lipinski definition) is 7. The third-order valence-corrected chi connectivity index (χ3v) is 4.00. The van der Waals surface area contributed by atoms with E-state index in [2.05, 4.69) is 20.6 Å². The number of rotatable bonds is 6. The molecule has 0 bridgehead atoms. The second-order valence-corrected chi connectivity index (χ2v) is 6.11. The van der Waals surface area contributed by atoms with Gasteiger partial charge in [0, 0.05) is 17.3 Å². The Balaban J connectivity index is 1.84. The van der Waals surface area contributed by atoms with Crippen LogP contribution in [0.1, 0.15) is 33.5 Å². The molecule has 3 rings (SSSR count). The van der Waals surface area contributed by atoms with Crippen LogP contribution in [0.3, 0.4) is 0 Å². The zero-order valence-corrected chi connectivity index (χ0v) is 15.8. The van der Waals surface area contributed by atoms with Gasteiger partial charge in [0.25, 0.3) is 0 Å². The molecule has 0 amide bonds. The monoisotopic (exact) mass is 376 g/mol. The van der Waals surface area contributed by atoms with Crippen molar-refractivity contribution >= 4 is 34.8 Å². The number of nitrogens with one attached hydrogen (secondary N) is 2. The number of benzene rings is 2. The van der Waals surface area contributed by atoms with Gasteiger partial charge in [0.2, 0.25) is 0 Å². The van der Waals surface area contributed by atoms with Crippen molar-refractivity contribution in [2.75, 3.05) is 17.7 Å². The number of hydrogen-bond donors (Lipinski definition) is 2. The second kappa shape index (κ2) is 8.30. The van der Waals surface area contributed by atoms with Crippen LogP contribution in [0, 0.1) is 6.92 Å². The van der Waals surface area contributed by atoms with Crippen molar-refractivity contribution in [1.82, 2.24) is 9.97 Å². The molecule has 0 saturated heterocycles. The van der Waals surface area contributed by atoms with E-state index in [0.717, 1.165) is 5.69 Å². The van der Waals surface area contributed by atoms with Gasteiger partial charge in [-0.3, -0.25) is 4.79 Å². The fourth-order valence-corrected chi connectivity index (χ4v) is 2.65. The van der Waals surface area contributed by atoms with E-state index in [9.17, 15) is 9.59 Å². The normalized spacial score (nSPS) is 10.2. The smallest absolute Gasteiger partial charge is 0.339 e. The lowest BCUT2D eigenvalue weighted by Gasteiger charge is -2.12. The zero-order valence-electron chi connectivity index (χ0n) is 15.8. The molecule has 7 heteroatoms. The average Bonchev–Trinajstić information content (AvgIpc) is 2.68. The number of Topliss-reactive ketones (excluding diaryl/α,β-unsaturated/α-hetero) is 1. The van der Waals surface area contributed by atoms with Gasteiger partial charge in [0.1, 0.15) is 17.5 Å². The summed E-state index contributed by atoms with van der Waals surface area (Å²) in [6.07, 6.45) is 0. The maximum atomic E-state index is 11.9. The van der Waals surface area contributed by atoms with Gasteiger partial charge in [-0.1, -0.05) is 12.1 Å². The summed E-state index contributed by atoms with van der Waals surface area (Å²) in [5.41, 5.74) is 2.44. The molecule has 0 aliphatic rings. The van der Waals surface area contributed by atoms with Crippen LogP contribution in [0.15, 0.2) is 54.6 Å². The first-order valence-electron chi connectivity index (χ1n) is 8.64. The number of methoxy groups -OCH3 is 1. The Labute approximate surface area is 162 Å². The highest BCUT2D eigenvalue weighted by molar-refractivity contribution is 5.96. The number of anilines is 4. The number of ketones is 1. The molecule has 0 atom stereocenters. The summed E-state index contributed by atoms with van der Waals surface area (Å²) in [6, 6.07) is 15.9. The summed E-state index contributed by atoms with van der Waals surface area (Å²) in [5.74, 6) is 1.26. The molecule has 2 N–H and O–H groups in total. The number of carbonyl (C=O) groups excluding carboxylic acids is 2. The highest BCUT2D eigenvalue weighted by Crippen LogP contribution is 2.23. The summed E-state index contributed by atoms with van der Waals surface area (Å²) in [4.78, 5) is 32.1. The van der Waals surface area contributed by atoms with E-state index in [4.69, 9.17) is 4.74 Å². The molecule has 1 heterocycles. The molecule has 3 aromatic rings. The molecule has 0 fully saturated rings. The van der Waals surface area contributed by atoms with Crippen LogP contribution in [-0.4, -0.2) is 28.8 Å². The van der Waals surface area contributed by atoms with E-state index in [-0.39, 0.29) is 5.78 Å². The van der Waals surface area contributed by atoms with Crippen molar-refractivity contribution in [1.29, 1.82) is 0 Å². The van der Waals surface area contributed by atoms with Crippen LogP contribution in [0.4, 0.5) is 23.0 Å². The van der Waals surface area contributed by atoms with E-state index in [1.165, 1.54) is 14.0 Å². The summed E-state index contributed by atoms with van der Waals surface area (Å²) in [5, 5.41) is 6.33. The van der Waals surface area contributed by atoms with Crippen LogP contribution in [0.5, 0.6) is 0 Å². The van der Waals surface area contributed by atoms with E-state index < -0.39 is 5.97 Å². The van der Waals surface area contributed by atoms with Crippen molar-refractivity contribution in [3.8, 4) is 0 Å². The molecule has 0 spiro atoms. The van der Waals surface area contributed by atoms with Crippen LogP contribution >= 0.6 is 0 Å². The molecule has 0 unspecified atom stereocenters. The minimum atomic E-state index is -0.433. The molecule has 2 aromatic carbocycles. The standard InChI is InChI=1S/C21H20N4O3/c1-13(26)15-8-10-16(11-9-15)24-19-12-20(23-14(2)22-19)25-18-7-5-4-6-17(18)21(27)28-3/h4-12H,1-3H3,(H2,22,23,24,25).